The third-order valence-electron chi connectivity index (χ3n) is 3.84. The number of piperidine rings is 1. The number of nitrogens with zero attached hydrogens (tertiary/aromatic N) is 1. The summed E-state index contributed by atoms with van der Waals surface area (Å²) in [7, 11) is 0. The summed E-state index contributed by atoms with van der Waals surface area (Å²) in [6.45, 7) is 2.88. The highest BCUT2D eigenvalue weighted by molar-refractivity contribution is 5.79. The van der Waals surface area contributed by atoms with Crippen LogP contribution in [0.15, 0.2) is 0 Å². The van der Waals surface area contributed by atoms with E-state index >= 15 is 0 Å². The predicted octanol–water partition coefficient (Wildman–Crippen LogP) is 0.225. The Kier molecular flexibility index (Phi) is 2.45. The second-order valence-electron chi connectivity index (χ2n) is 5.23. The largest absolute Gasteiger partial charge is 0.479 e. The second kappa shape index (κ2) is 3.45. The van der Waals surface area contributed by atoms with E-state index in [2.05, 4.69) is 0 Å². The molecular formula is C11H17NO4. The summed E-state index contributed by atoms with van der Waals surface area (Å²) in [5.74, 6) is -1.11. The van der Waals surface area contributed by atoms with Gasteiger partial charge in [-0.1, -0.05) is 0 Å². The number of carboxylic acids is 1. The lowest BCUT2D eigenvalue weighted by Gasteiger charge is -2.55. The minimum atomic E-state index is -1.56. The van der Waals surface area contributed by atoms with Crippen LogP contribution in [0.25, 0.3) is 0 Å². The smallest absolute Gasteiger partial charge is 0.335 e. The van der Waals surface area contributed by atoms with Crippen molar-refractivity contribution in [3.05, 3.63) is 0 Å². The van der Waals surface area contributed by atoms with E-state index in [4.69, 9.17) is 5.11 Å². The zero-order valence-corrected chi connectivity index (χ0v) is 9.40. The van der Waals surface area contributed by atoms with E-state index in [-0.39, 0.29) is 24.2 Å². The number of carboxylic acid groups (broad SMARTS) is 1. The normalized spacial score (nSPS) is 38.2. The van der Waals surface area contributed by atoms with Gasteiger partial charge in [-0.2, -0.15) is 0 Å². The van der Waals surface area contributed by atoms with Gasteiger partial charge in [0.05, 0.1) is 0 Å². The lowest BCUT2D eigenvalue weighted by atomic mass is 9.56. The number of aliphatic carboxylic acids is 1. The minimum absolute atomic E-state index is 0.0323. The van der Waals surface area contributed by atoms with Gasteiger partial charge in [0.2, 0.25) is 5.91 Å². The standard InChI is InChI=1S/C11H17NO4/c1-8(13)12-4-2-3-10(7-12)5-11(16,6-10)9(14)15/h16H,2-7H2,1H3,(H,14,15). The molecule has 90 valence electrons. The predicted molar refractivity (Wildman–Crippen MR) is 55.7 cm³/mol. The van der Waals surface area contributed by atoms with Crippen molar-refractivity contribution < 1.29 is 19.8 Å². The number of aliphatic hydroxyl groups is 1. The maximum atomic E-state index is 11.3. The minimum Gasteiger partial charge on any atom is -0.479 e. The third-order valence-corrected chi connectivity index (χ3v) is 3.84. The Labute approximate surface area is 94.0 Å². The molecule has 1 saturated heterocycles. The van der Waals surface area contributed by atoms with Crippen LogP contribution in [0.3, 0.4) is 0 Å². The summed E-state index contributed by atoms with van der Waals surface area (Å²) in [5.41, 5.74) is -1.71. The van der Waals surface area contributed by atoms with Gasteiger partial charge in [0.25, 0.3) is 0 Å². The fourth-order valence-electron chi connectivity index (χ4n) is 3.11. The van der Waals surface area contributed by atoms with Gasteiger partial charge in [-0.05, 0) is 31.1 Å². The Morgan fingerprint density at radius 1 is 1.31 bits per heavy atom. The third kappa shape index (κ3) is 1.69. The molecule has 0 aromatic heterocycles. The molecule has 1 aliphatic carbocycles. The highest BCUT2D eigenvalue weighted by Crippen LogP contribution is 2.53. The van der Waals surface area contributed by atoms with Crippen LogP contribution in [0.2, 0.25) is 0 Å². The zero-order chi connectivity index (χ0) is 12.0. The molecule has 16 heavy (non-hydrogen) atoms. The monoisotopic (exact) mass is 227 g/mol. The molecule has 5 heteroatoms. The van der Waals surface area contributed by atoms with Crippen LogP contribution in [-0.4, -0.2) is 45.7 Å². The van der Waals surface area contributed by atoms with Crippen molar-refractivity contribution in [1.29, 1.82) is 0 Å². The van der Waals surface area contributed by atoms with Crippen molar-refractivity contribution in [2.75, 3.05) is 13.1 Å². The molecular weight excluding hydrogens is 210 g/mol. The first kappa shape index (κ1) is 11.4. The molecule has 1 heterocycles. The Bertz CT molecular complexity index is 327. The zero-order valence-electron chi connectivity index (χ0n) is 9.40. The van der Waals surface area contributed by atoms with Crippen LogP contribution in [-0.2, 0) is 9.59 Å². The molecule has 1 amide bonds. The molecule has 2 fully saturated rings. The molecule has 0 unspecified atom stereocenters. The number of carbonyl (C=O) groups excluding carboxylic acids is 1. The van der Waals surface area contributed by atoms with Crippen LogP contribution in [0, 0.1) is 5.41 Å². The lowest BCUT2D eigenvalue weighted by Crippen LogP contribution is -2.62. The van der Waals surface area contributed by atoms with Gasteiger partial charge in [-0.3, -0.25) is 4.79 Å². The molecule has 1 aliphatic heterocycles. The molecule has 0 aromatic rings. The van der Waals surface area contributed by atoms with Crippen LogP contribution in [0.1, 0.15) is 32.6 Å². The fraction of sp³-hybridized carbons (Fsp3) is 0.818. The van der Waals surface area contributed by atoms with Crippen molar-refractivity contribution in [2.45, 2.75) is 38.2 Å². The van der Waals surface area contributed by atoms with Gasteiger partial charge in [-0.25, -0.2) is 4.79 Å². The van der Waals surface area contributed by atoms with E-state index in [1.54, 1.807) is 4.90 Å². The van der Waals surface area contributed by atoms with Crippen LogP contribution in [0.5, 0.6) is 0 Å². The summed E-state index contributed by atoms with van der Waals surface area (Å²) in [5, 5.41) is 18.6. The number of rotatable bonds is 1. The van der Waals surface area contributed by atoms with E-state index in [1.807, 2.05) is 0 Å². The van der Waals surface area contributed by atoms with Gasteiger partial charge in [0.15, 0.2) is 5.60 Å². The average molecular weight is 227 g/mol. The number of hydrogen-bond donors (Lipinski definition) is 2. The molecule has 2 N–H and O–H groups in total. The van der Waals surface area contributed by atoms with Gasteiger partial charge < -0.3 is 15.1 Å². The summed E-state index contributed by atoms with van der Waals surface area (Å²) in [6.07, 6.45) is 2.36. The molecule has 5 nitrogen and oxygen atoms in total. The molecule has 1 saturated carbocycles. The highest BCUT2D eigenvalue weighted by atomic mass is 16.4. The molecule has 1 spiro atoms. The van der Waals surface area contributed by atoms with Crippen LogP contribution < -0.4 is 0 Å². The van der Waals surface area contributed by atoms with Crippen molar-refractivity contribution in [2.24, 2.45) is 5.41 Å². The Balaban J connectivity index is 2.02. The van der Waals surface area contributed by atoms with Gasteiger partial charge in [0, 0.05) is 20.0 Å². The summed E-state index contributed by atoms with van der Waals surface area (Å²) in [6, 6.07) is 0. The average Bonchev–Trinajstić information content (AvgIpc) is 2.15. The molecule has 0 aromatic carbocycles. The number of likely N-dealkylation sites (tertiary alicyclic amines) is 1. The molecule has 2 rings (SSSR count). The van der Waals surface area contributed by atoms with E-state index in [9.17, 15) is 14.7 Å². The van der Waals surface area contributed by atoms with E-state index < -0.39 is 11.6 Å². The fourth-order valence-corrected chi connectivity index (χ4v) is 3.11. The number of amides is 1. The molecule has 0 radical (unpaired) electrons. The highest BCUT2D eigenvalue weighted by Gasteiger charge is 2.59. The summed E-state index contributed by atoms with van der Waals surface area (Å²) < 4.78 is 0. The van der Waals surface area contributed by atoms with Crippen molar-refractivity contribution in [3.8, 4) is 0 Å². The van der Waals surface area contributed by atoms with Gasteiger partial charge in [0.1, 0.15) is 0 Å². The Morgan fingerprint density at radius 3 is 2.44 bits per heavy atom. The van der Waals surface area contributed by atoms with Crippen molar-refractivity contribution >= 4 is 11.9 Å². The van der Waals surface area contributed by atoms with E-state index in [1.165, 1.54) is 6.92 Å². The van der Waals surface area contributed by atoms with Crippen molar-refractivity contribution in [3.63, 3.8) is 0 Å². The van der Waals surface area contributed by atoms with Crippen LogP contribution in [0.4, 0.5) is 0 Å². The topological polar surface area (TPSA) is 77.8 Å². The van der Waals surface area contributed by atoms with Crippen LogP contribution >= 0.6 is 0 Å². The first-order chi connectivity index (χ1) is 7.37. The first-order valence-corrected chi connectivity index (χ1v) is 5.58. The van der Waals surface area contributed by atoms with Crippen molar-refractivity contribution in [1.82, 2.24) is 4.90 Å². The SMILES string of the molecule is CC(=O)N1CCCC2(C1)CC(O)(C(=O)O)C2. The maximum absolute atomic E-state index is 11.3. The molecule has 0 bridgehead atoms. The van der Waals surface area contributed by atoms with E-state index in [0.29, 0.717) is 6.54 Å². The summed E-state index contributed by atoms with van der Waals surface area (Å²) in [4.78, 5) is 23.8. The quantitative estimate of drug-likeness (QED) is 0.672. The lowest BCUT2D eigenvalue weighted by molar-refractivity contribution is -0.194. The first-order valence-electron chi connectivity index (χ1n) is 5.58. The van der Waals surface area contributed by atoms with Gasteiger partial charge in [-0.15, -0.1) is 0 Å². The Hall–Kier alpha value is -1.10. The number of hydrogen-bond acceptors (Lipinski definition) is 3. The molecule has 2 aliphatic rings. The van der Waals surface area contributed by atoms with E-state index in [0.717, 1.165) is 19.4 Å². The maximum Gasteiger partial charge on any atom is 0.335 e. The Morgan fingerprint density at radius 2 is 1.94 bits per heavy atom. The number of carbonyl (C=O) groups is 2. The second-order valence-corrected chi connectivity index (χ2v) is 5.23. The molecule has 0 atom stereocenters. The van der Waals surface area contributed by atoms with Gasteiger partial charge >= 0.3 is 5.97 Å². The summed E-state index contributed by atoms with van der Waals surface area (Å²) >= 11 is 0.